The molecule has 2 heterocycles. The lowest BCUT2D eigenvalue weighted by molar-refractivity contribution is -0.120. The standard InChI is InChI=1S/C14H21N5O2.2ClH/c1-8-10(4-5-11(20)16-7-6-15)9(2)17-13-12(8)14(21)18-19(13)3;;/h4-7,15H2,1-3H3,(H,16,20)(H,18,21);2*1H. The Kier molecular flexibility index (Phi) is 8.30. The lowest BCUT2D eigenvalue weighted by Gasteiger charge is -2.10. The van der Waals surface area contributed by atoms with Crippen LogP contribution in [0.2, 0.25) is 0 Å². The summed E-state index contributed by atoms with van der Waals surface area (Å²) in [5.41, 5.74) is 8.55. The van der Waals surface area contributed by atoms with Crippen molar-refractivity contribution in [1.29, 1.82) is 0 Å². The van der Waals surface area contributed by atoms with Gasteiger partial charge < -0.3 is 11.1 Å². The van der Waals surface area contributed by atoms with Crippen LogP contribution in [0.5, 0.6) is 0 Å². The van der Waals surface area contributed by atoms with Gasteiger partial charge in [-0.25, -0.2) is 4.98 Å². The van der Waals surface area contributed by atoms with Gasteiger partial charge in [-0.2, -0.15) is 0 Å². The van der Waals surface area contributed by atoms with Crippen LogP contribution in [0.4, 0.5) is 0 Å². The van der Waals surface area contributed by atoms with Crippen molar-refractivity contribution in [2.75, 3.05) is 13.1 Å². The molecule has 0 aliphatic heterocycles. The normalized spacial score (nSPS) is 10.1. The molecule has 2 rings (SSSR count). The highest BCUT2D eigenvalue weighted by atomic mass is 35.5. The molecular formula is C14H23Cl2N5O2. The van der Waals surface area contributed by atoms with E-state index in [9.17, 15) is 9.59 Å². The number of H-pyrrole nitrogens is 1. The first-order valence-electron chi connectivity index (χ1n) is 6.97. The molecule has 0 aliphatic rings. The molecule has 0 atom stereocenters. The SMILES string of the molecule is Cc1nc2c(c(C)c1CCC(=O)NCCN)c(=O)[nH]n2C.Cl.Cl. The number of pyridine rings is 1. The number of carbonyl (C=O) groups excluding carboxylic acids is 1. The Morgan fingerprint density at radius 2 is 2.00 bits per heavy atom. The third kappa shape index (κ3) is 4.46. The molecular weight excluding hydrogens is 341 g/mol. The molecule has 7 nitrogen and oxygen atoms in total. The number of halogens is 2. The minimum atomic E-state index is -0.147. The number of fused-ring (bicyclic) bond motifs is 1. The van der Waals surface area contributed by atoms with E-state index in [1.54, 1.807) is 11.7 Å². The van der Waals surface area contributed by atoms with E-state index in [4.69, 9.17) is 5.73 Å². The second kappa shape index (κ2) is 8.90. The third-order valence-corrected chi connectivity index (χ3v) is 3.64. The number of amides is 1. The number of nitrogens with zero attached hydrogens (tertiary/aromatic N) is 2. The predicted octanol–water partition coefficient (Wildman–Crippen LogP) is 0.730. The lowest BCUT2D eigenvalue weighted by Crippen LogP contribution is -2.29. The van der Waals surface area contributed by atoms with Gasteiger partial charge in [0, 0.05) is 32.3 Å². The summed E-state index contributed by atoms with van der Waals surface area (Å²) in [6.45, 7) is 4.71. The fraction of sp³-hybridized carbons (Fsp3) is 0.500. The highest BCUT2D eigenvalue weighted by Gasteiger charge is 2.15. The van der Waals surface area contributed by atoms with Crippen LogP contribution in [0.25, 0.3) is 11.0 Å². The Balaban J connectivity index is 0.00000242. The van der Waals surface area contributed by atoms with Gasteiger partial charge in [-0.1, -0.05) is 0 Å². The minimum Gasteiger partial charge on any atom is -0.355 e. The number of aryl methyl sites for hydroxylation is 3. The zero-order valence-electron chi connectivity index (χ0n) is 13.4. The first kappa shape index (κ1) is 21.4. The second-order valence-electron chi connectivity index (χ2n) is 5.14. The summed E-state index contributed by atoms with van der Waals surface area (Å²) in [4.78, 5) is 28.1. The molecule has 0 saturated heterocycles. The van der Waals surface area contributed by atoms with Gasteiger partial charge in [0.2, 0.25) is 5.91 Å². The van der Waals surface area contributed by atoms with E-state index in [-0.39, 0.29) is 36.3 Å². The van der Waals surface area contributed by atoms with Crippen LogP contribution in [0.15, 0.2) is 4.79 Å². The van der Waals surface area contributed by atoms with E-state index in [2.05, 4.69) is 15.4 Å². The van der Waals surface area contributed by atoms with E-state index < -0.39 is 0 Å². The van der Waals surface area contributed by atoms with E-state index in [1.165, 1.54) is 0 Å². The Bertz CT molecular complexity index is 739. The summed E-state index contributed by atoms with van der Waals surface area (Å²) >= 11 is 0. The fourth-order valence-electron chi connectivity index (χ4n) is 2.55. The number of nitrogens with one attached hydrogen (secondary N) is 2. The summed E-state index contributed by atoms with van der Waals surface area (Å²) < 4.78 is 1.62. The Morgan fingerprint density at radius 1 is 1.35 bits per heavy atom. The average molecular weight is 364 g/mol. The van der Waals surface area contributed by atoms with E-state index in [0.29, 0.717) is 37.0 Å². The predicted molar refractivity (Wildman–Crippen MR) is 95.7 cm³/mol. The fourth-order valence-corrected chi connectivity index (χ4v) is 2.55. The van der Waals surface area contributed by atoms with Crippen LogP contribution in [0, 0.1) is 13.8 Å². The number of hydrogen-bond acceptors (Lipinski definition) is 4. The first-order valence-corrected chi connectivity index (χ1v) is 6.97. The molecule has 0 fully saturated rings. The van der Waals surface area contributed by atoms with E-state index >= 15 is 0 Å². The number of hydrogen-bond donors (Lipinski definition) is 3. The molecule has 0 unspecified atom stereocenters. The molecule has 4 N–H and O–H groups in total. The molecule has 0 aliphatic carbocycles. The Hall–Kier alpha value is -1.57. The number of aromatic amines is 1. The van der Waals surface area contributed by atoms with Crippen molar-refractivity contribution in [3.05, 3.63) is 27.2 Å². The number of carbonyl (C=O) groups is 1. The highest BCUT2D eigenvalue weighted by molar-refractivity contribution is 5.85. The lowest BCUT2D eigenvalue weighted by atomic mass is 10.0. The summed E-state index contributed by atoms with van der Waals surface area (Å²) in [6.07, 6.45) is 0.922. The maximum Gasteiger partial charge on any atom is 0.273 e. The van der Waals surface area contributed by atoms with Crippen molar-refractivity contribution < 1.29 is 4.79 Å². The van der Waals surface area contributed by atoms with Crippen LogP contribution in [0.3, 0.4) is 0 Å². The zero-order valence-corrected chi connectivity index (χ0v) is 15.1. The van der Waals surface area contributed by atoms with Crippen LogP contribution in [-0.2, 0) is 18.3 Å². The van der Waals surface area contributed by atoms with E-state index in [0.717, 1.165) is 16.8 Å². The zero-order chi connectivity index (χ0) is 15.6. The summed E-state index contributed by atoms with van der Waals surface area (Å²) in [6, 6.07) is 0. The molecule has 130 valence electrons. The average Bonchev–Trinajstić information content (AvgIpc) is 2.71. The van der Waals surface area contributed by atoms with Gasteiger partial charge in [-0.05, 0) is 31.4 Å². The van der Waals surface area contributed by atoms with Gasteiger partial charge in [0.25, 0.3) is 5.56 Å². The van der Waals surface area contributed by atoms with Crippen molar-refractivity contribution in [1.82, 2.24) is 20.1 Å². The summed E-state index contributed by atoms with van der Waals surface area (Å²) in [5, 5.41) is 6.04. The topological polar surface area (TPSA) is 106 Å². The summed E-state index contributed by atoms with van der Waals surface area (Å²) in [7, 11) is 1.76. The number of nitrogens with two attached hydrogens (primary N) is 1. The van der Waals surface area contributed by atoms with Gasteiger partial charge in [-0.15, -0.1) is 24.8 Å². The molecule has 0 radical (unpaired) electrons. The van der Waals surface area contributed by atoms with Crippen molar-refractivity contribution in [2.45, 2.75) is 26.7 Å². The van der Waals surface area contributed by atoms with Gasteiger partial charge in [-0.3, -0.25) is 19.4 Å². The van der Waals surface area contributed by atoms with Gasteiger partial charge in [0.15, 0.2) is 5.65 Å². The maximum absolute atomic E-state index is 12.0. The van der Waals surface area contributed by atoms with E-state index in [1.807, 2.05) is 13.8 Å². The van der Waals surface area contributed by atoms with Crippen LogP contribution < -0.4 is 16.6 Å². The van der Waals surface area contributed by atoms with Gasteiger partial charge in [0.05, 0.1) is 5.39 Å². The maximum atomic E-state index is 12.0. The smallest absolute Gasteiger partial charge is 0.273 e. The van der Waals surface area contributed by atoms with Crippen molar-refractivity contribution in [2.24, 2.45) is 12.8 Å². The molecule has 1 amide bonds. The van der Waals surface area contributed by atoms with Crippen molar-refractivity contribution in [3.8, 4) is 0 Å². The third-order valence-electron chi connectivity index (χ3n) is 3.64. The molecule has 9 heteroatoms. The first-order chi connectivity index (χ1) is 9.95. The largest absolute Gasteiger partial charge is 0.355 e. The molecule has 23 heavy (non-hydrogen) atoms. The quantitative estimate of drug-likeness (QED) is 0.727. The summed E-state index contributed by atoms with van der Waals surface area (Å²) in [5.74, 6) is -0.0404. The van der Waals surface area contributed by atoms with Gasteiger partial charge >= 0.3 is 0 Å². The highest BCUT2D eigenvalue weighted by Crippen LogP contribution is 2.20. The Morgan fingerprint density at radius 3 is 2.61 bits per heavy atom. The van der Waals surface area contributed by atoms with Crippen LogP contribution >= 0.6 is 24.8 Å². The van der Waals surface area contributed by atoms with Crippen molar-refractivity contribution in [3.63, 3.8) is 0 Å². The van der Waals surface area contributed by atoms with Crippen molar-refractivity contribution >= 4 is 41.8 Å². The Labute approximate surface area is 146 Å². The minimum absolute atomic E-state index is 0. The molecule has 2 aromatic heterocycles. The second-order valence-corrected chi connectivity index (χ2v) is 5.14. The van der Waals surface area contributed by atoms with Gasteiger partial charge in [0.1, 0.15) is 0 Å². The number of aromatic nitrogens is 3. The van der Waals surface area contributed by atoms with Crippen LogP contribution in [-0.4, -0.2) is 33.8 Å². The van der Waals surface area contributed by atoms with Crippen LogP contribution in [0.1, 0.15) is 23.2 Å². The molecule has 0 aromatic carbocycles. The molecule has 0 spiro atoms. The monoisotopic (exact) mass is 363 g/mol. The molecule has 0 saturated carbocycles. The number of rotatable bonds is 5. The molecule has 0 bridgehead atoms. The molecule has 2 aromatic rings.